The highest BCUT2D eigenvalue weighted by Crippen LogP contribution is 2.18. The molecule has 1 fully saturated rings. The first-order valence-corrected chi connectivity index (χ1v) is 4.96. The maximum absolute atomic E-state index is 5.38. The Morgan fingerprint density at radius 1 is 0.818 bits per heavy atom. The molecule has 0 atom stereocenters. The fourth-order valence-electron chi connectivity index (χ4n) is 1.83. The quantitative estimate of drug-likeness (QED) is 0.566. The van der Waals surface area contributed by atoms with Crippen LogP contribution in [0.1, 0.15) is 51.4 Å². The summed E-state index contributed by atoms with van der Waals surface area (Å²) in [5, 5.41) is 0. The van der Waals surface area contributed by atoms with Crippen LogP contribution in [0, 0.1) is 0 Å². The van der Waals surface area contributed by atoms with E-state index in [1.165, 1.54) is 51.4 Å². The standard InChI is InChI=1S/C10H20O/c1-11-10-8-6-4-2-3-5-7-9-10/h10H,2-9H2,1H3. The van der Waals surface area contributed by atoms with Crippen LogP contribution in [0.15, 0.2) is 0 Å². The Hall–Kier alpha value is -0.0400. The van der Waals surface area contributed by atoms with E-state index in [0.29, 0.717) is 6.10 Å². The van der Waals surface area contributed by atoms with Crippen LogP contribution in [0.2, 0.25) is 0 Å². The number of hydrogen-bond acceptors (Lipinski definition) is 1. The van der Waals surface area contributed by atoms with Crippen molar-refractivity contribution in [3.63, 3.8) is 0 Å². The first kappa shape index (κ1) is 9.05. The van der Waals surface area contributed by atoms with E-state index >= 15 is 0 Å². The molecule has 1 saturated carbocycles. The van der Waals surface area contributed by atoms with E-state index in [4.69, 9.17) is 4.74 Å². The van der Waals surface area contributed by atoms with Gasteiger partial charge in [0.05, 0.1) is 6.10 Å². The molecule has 0 saturated heterocycles. The van der Waals surface area contributed by atoms with Gasteiger partial charge in [0.2, 0.25) is 0 Å². The highest BCUT2D eigenvalue weighted by molar-refractivity contribution is 4.61. The molecule has 1 aliphatic rings. The molecule has 66 valence electrons. The van der Waals surface area contributed by atoms with Crippen LogP contribution in [0.25, 0.3) is 0 Å². The molecule has 1 aliphatic carbocycles. The molecule has 1 nitrogen and oxygen atoms in total. The summed E-state index contributed by atoms with van der Waals surface area (Å²) in [4.78, 5) is 0. The molecule has 0 N–H and O–H groups in total. The molecule has 0 aromatic carbocycles. The van der Waals surface area contributed by atoms with Gasteiger partial charge < -0.3 is 4.74 Å². The molecule has 1 rings (SSSR count). The lowest BCUT2D eigenvalue weighted by atomic mass is 10.1. The summed E-state index contributed by atoms with van der Waals surface area (Å²) in [7, 11) is 1.85. The predicted octanol–water partition coefficient (Wildman–Crippen LogP) is 3.14. The fourth-order valence-corrected chi connectivity index (χ4v) is 1.83. The summed E-state index contributed by atoms with van der Waals surface area (Å²) < 4.78 is 5.38. The highest BCUT2D eigenvalue weighted by Gasteiger charge is 2.08. The Labute approximate surface area is 70.1 Å². The molecule has 0 aliphatic heterocycles. The SMILES string of the molecule is COC1CCCCCCCC1. The van der Waals surface area contributed by atoms with Crippen molar-refractivity contribution >= 4 is 0 Å². The maximum Gasteiger partial charge on any atom is 0.0571 e. The van der Waals surface area contributed by atoms with Gasteiger partial charge in [-0.2, -0.15) is 0 Å². The van der Waals surface area contributed by atoms with E-state index in [1.807, 2.05) is 7.11 Å². The van der Waals surface area contributed by atoms with Gasteiger partial charge in [-0.1, -0.05) is 38.5 Å². The minimum Gasteiger partial charge on any atom is -0.381 e. The summed E-state index contributed by atoms with van der Waals surface area (Å²) >= 11 is 0. The lowest BCUT2D eigenvalue weighted by molar-refractivity contribution is 0.0850. The molecule has 0 amide bonds. The van der Waals surface area contributed by atoms with Crippen molar-refractivity contribution in [3.05, 3.63) is 0 Å². The van der Waals surface area contributed by atoms with Gasteiger partial charge in [0, 0.05) is 7.11 Å². The van der Waals surface area contributed by atoms with Crippen LogP contribution < -0.4 is 0 Å². The molecule has 0 unspecified atom stereocenters. The Bertz CT molecular complexity index is 80.9. The van der Waals surface area contributed by atoms with E-state index in [1.54, 1.807) is 0 Å². The van der Waals surface area contributed by atoms with Gasteiger partial charge in [-0.15, -0.1) is 0 Å². The minimum absolute atomic E-state index is 0.563. The Morgan fingerprint density at radius 3 is 1.73 bits per heavy atom. The van der Waals surface area contributed by atoms with Crippen molar-refractivity contribution < 1.29 is 4.74 Å². The van der Waals surface area contributed by atoms with Crippen molar-refractivity contribution in [2.24, 2.45) is 0 Å². The normalized spacial score (nSPS) is 23.7. The van der Waals surface area contributed by atoms with Crippen LogP contribution in [0.3, 0.4) is 0 Å². The monoisotopic (exact) mass is 156 g/mol. The number of ether oxygens (including phenoxy) is 1. The van der Waals surface area contributed by atoms with Crippen LogP contribution in [-0.2, 0) is 4.74 Å². The fraction of sp³-hybridized carbons (Fsp3) is 1.00. The molecule has 11 heavy (non-hydrogen) atoms. The van der Waals surface area contributed by atoms with Crippen LogP contribution >= 0.6 is 0 Å². The second-order valence-corrected chi connectivity index (χ2v) is 3.56. The summed E-state index contributed by atoms with van der Waals surface area (Å²) in [6.45, 7) is 0. The summed E-state index contributed by atoms with van der Waals surface area (Å²) in [6.07, 6.45) is 11.6. The second kappa shape index (κ2) is 5.59. The number of hydrogen-bond donors (Lipinski definition) is 0. The zero-order valence-corrected chi connectivity index (χ0v) is 7.64. The predicted molar refractivity (Wildman–Crippen MR) is 47.7 cm³/mol. The van der Waals surface area contributed by atoms with Gasteiger partial charge in [0.1, 0.15) is 0 Å². The second-order valence-electron chi connectivity index (χ2n) is 3.56. The average Bonchev–Trinajstić information content (AvgIpc) is 2.16. The molecular formula is C10H20O. The molecule has 1 heteroatoms. The summed E-state index contributed by atoms with van der Waals surface area (Å²) in [6, 6.07) is 0. The minimum atomic E-state index is 0.563. The van der Waals surface area contributed by atoms with E-state index in [2.05, 4.69) is 0 Å². The van der Waals surface area contributed by atoms with Crippen molar-refractivity contribution in [1.29, 1.82) is 0 Å². The van der Waals surface area contributed by atoms with Gasteiger partial charge in [0.25, 0.3) is 0 Å². The number of rotatable bonds is 1. The third kappa shape index (κ3) is 3.76. The lowest BCUT2D eigenvalue weighted by Gasteiger charge is -2.12. The van der Waals surface area contributed by atoms with Crippen LogP contribution in [0.4, 0.5) is 0 Å². The molecule has 0 spiro atoms. The maximum atomic E-state index is 5.38. The van der Waals surface area contributed by atoms with Crippen molar-refractivity contribution in [1.82, 2.24) is 0 Å². The largest absolute Gasteiger partial charge is 0.381 e. The number of methoxy groups -OCH3 is 1. The topological polar surface area (TPSA) is 9.23 Å². The molecule has 0 heterocycles. The third-order valence-electron chi connectivity index (χ3n) is 2.64. The molecule has 0 radical (unpaired) electrons. The van der Waals surface area contributed by atoms with E-state index in [0.717, 1.165) is 0 Å². The molecule has 0 aromatic heterocycles. The Morgan fingerprint density at radius 2 is 1.27 bits per heavy atom. The van der Waals surface area contributed by atoms with E-state index in [-0.39, 0.29) is 0 Å². The Balaban J connectivity index is 2.19. The van der Waals surface area contributed by atoms with Crippen molar-refractivity contribution in [2.75, 3.05) is 7.11 Å². The summed E-state index contributed by atoms with van der Waals surface area (Å²) in [5.74, 6) is 0. The smallest absolute Gasteiger partial charge is 0.0571 e. The van der Waals surface area contributed by atoms with Crippen molar-refractivity contribution in [2.45, 2.75) is 57.5 Å². The van der Waals surface area contributed by atoms with Gasteiger partial charge in [-0.3, -0.25) is 0 Å². The first-order chi connectivity index (χ1) is 5.43. The van der Waals surface area contributed by atoms with E-state index in [9.17, 15) is 0 Å². The average molecular weight is 156 g/mol. The summed E-state index contributed by atoms with van der Waals surface area (Å²) in [5.41, 5.74) is 0. The third-order valence-corrected chi connectivity index (χ3v) is 2.64. The molecule has 0 aromatic rings. The van der Waals surface area contributed by atoms with E-state index < -0.39 is 0 Å². The van der Waals surface area contributed by atoms with Gasteiger partial charge in [0.15, 0.2) is 0 Å². The Kier molecular flexibility index (Phi) is 4.60. The zero-order chi connectivity index (χ0) is 7.94. The first-order valence-electron chi connectivity index (χ1n) is 4.96. The van der Waals surface area contributed by atoms with Gasteiger partial charge in [-0.25, -0.2) is 0 Å². The van der Waals surface area contributed by atoms with Crippen molar-refractivity contribution in [3.8, 4) is 0 Å². The van der Waals surface area contributed by atoms with Crippen LogP contribution in [-0.4, -0.2) is 13.2 Å². The lowest BCUT2D eigenvalue weighted by Crippen LogP contribution is -2.09. The highest BCUT2D eigenvalue weighted by atomic mass is 16.5. The van der Waals surface area contributed by atoms with Crippen LogP contribution in [0.5, 0.6) is 0 Å². The molecular weight excluding hydrogens is 136 g/mol. The zero-order valence-electron chi connectivity index (χ0n) is 7.64. The van der Waals surface area contributed by atoms with Gasteiger partial charge >= 0.3 is 0 Å². The molecule has 0 bridgehead atoms. The van der Waals surface area contributed by atoms with Gasteiger partial charge in [-0.05, 0) is 12.8 Å².